The molecule has 0 amide bonds. The Hall–Kier alpha value is -1.41. The fraction of sp³-hybridized carbons (Fsp3) is 0.556. The van der Waals surface area contributed by atoms with E-state index in [9.17, 15) is 19.8 Å². The maximum Gasteiger partial charge on any atom is 0.466 e. The molecule has 132 valence electrons. The molecule has 0 aliphatic carbocycles. The molecule has 1 fully saturated rings. The Labute approximate surface area is 127 Å². The van der Waals surface area contributed by atoms with Crippen LogP contribution in [0.15, 0.2) is 21.9 Å². The van der Waals surface area contributed by atoms with Crippen molar-refractivity contribution in [3.05, 3.63) is 33.1 Å². The molecule has 0 bridgehead atoms. The first-order valence-electron chi connectivity index (χ1n) is 5.93. The molecular formula is C9H16N3O10P. The van der Waals surface area contributed by atoms with Gasteiger partial charge in [0, 0.05) is 12.3 Å². The number of nitrogens with two attached hydrogens (primary N) is 1. The largest absolute Gasteiger partial charge is 0.466 e. The molecule has 23 heavy (non-hydrogen) atoms. The van der Waals surface area contributed by atoms with E-state index in [1.165, 1.54) is 0 Å². The van der Waals surface area contributed by atoms with Crippen molar-refractivity contribution in [1.29, 1.82) is 0 Å². The van der Waals surface area contributed by atoms with Gasteiger partial charge in [0.25, 0.3) is 5.56 Å². The first-order chi connectivity index (χ1) is 10.4. The van der Waals surface area contributed by atoms with Gasteiger partial charge in [-0.2, -0.15) is 0 Å². The molecule has 1 aromatic rings. The van der Waals surface area contributed by atoms with Gasteiger partial charge in [0.2, 0.25) is 0 Å². The number of aromatic amines is 1. The SMILES string of the molecule is N[C@@]1(O)[C@H](O)[C@@H](CO)O[C@H]1n1ccc(=O)[nH]c1=O.O=P(O)(O)O. The minimum atomic E-state index is -4.64. The van der Waals surface area contributed by atoms with Gasteiger partial charge in [-0.15, -0.1) is 0 Å². The quantitative estimate of drug-likeness (QED) is 0.186. The minimum Gasteiger partial charge on any atom is -0.394 e. The molecular weight excluding hydrogens is 341 g/mol. The number of aliphatic hydroxyl groups excluding tert-OH is 2. The summed E-state index contributed by atoms with van der Waals surface area (Å²) in [6.45, 7) is -0.574. The van der Waals surface area contributed by atoms with Gasteiger partial charge < -0.3 is 34.7 Å². The first kappa shape index (κ1) is 19.6. The molecule has 1 aromatic heterocycles. The fourth-order valence-corrected chi connectivity index (χ4v) is 1.84. The van der Waals surface area contributed by atoms with Crippen LogP contribution in [-0.2, 0) is 9.30 Å². The predicted octanol–water partition coefficient (Wildman–Crippen LogP) is -4.49. The second-order valence-corrected chi connectivity index (χ2v) is 5.60. The number of phosphoric acid groups is 1. The number of aliphatic hydroxyl groups is 3. The Bertz CT molecular complexity index is 685. The van der Waals surface area contributed by atoms with Crippen LogP contribution < -0.4 is 17.0 Å². The molecule has 1 aliphatic heterocycles. The van der Waals surface area contributed by atoms with Gasteiger partial charge in [0.05, 0.1) is 6.61 Å². The lowest BCUT2D eigenvalue weighted by molar-refractivity contribution is -0.107. The number of aromatic nitrogens is 2. The van der Waals surface area contributed by atoms with Crippen LogP contribution in [0.3, 0.4) is 0 Å². The van der Waals surface area contributed by atoms with Gasteiger partial charge >= 0.3 is 13.5 Å². The van der Waals surface area contributed by atoms with E-state index in [2.05, 4.69) is 0 Å². The molecule has 2 heterocycles. The van der Waals surface area contributed by atoms with Gasteiger partial charge in [0.15, 0.2) is 12.0 Å². The van der Waals surface area contributed by atoms with Crippen molar-refractivity contribution in [2.24, 2.45) is 5.73 Å². The predicted molar refractivity (Wildman–Crippen MR) is 71.7 cm³/mol. The number of hydrogen-bond donors (Lipinski definition) is 8. The highest BCUT2D eigenvalue weighted by Crippen LogP contribution is 2.33. The van der Waals surface area contributed by atoms with Crippen LogP contribution >= 0.6 is 7.82 Å². The molecule has 9 N–H and O–H groups in total. The number of hydrogen-bond acceptors (Lipinski definition) is 8. The Morgan fingerprint density at radius 2 is 1.91 bits per heavy atom. The number of nitrogens with zero attached hydrogens (tertiary/aromatic N) is 1. The number of nitrogens with one attached hydrogen (secondary N) is 1. The molecule has 0 saturated carbocycles. The lowest BCUT2D eigenvalue weighted by Gasteiger charge is -2.26. The summed E-state index contributed by atoms with van der Waals surface area (Å²) in [5.74, 6) is 0. The summed E-state index contributed by atoms with van der Waals surface area (Å²) in [5, 5.41) is 28.5. The van der Waals surface area contributed by atoms with Crippen LogP contribution in [0.5, 0.6) is 0 Å². The molecule has 0 radical (unpaired) electrons. The molecule has 1 aliphatic rings. The van der Waals surface area contributed by atoms with Gasteiger partial charge in [0.1, 0.15) is 12.2 Å². The van der Waals surface area contributed by atoms with E-state index >= 15 is 0 Å². The standard InChI is InChI=1S/C9H13N3O6.H3O4P/c10-9(17)6(15)4(3-13)18-7(9)12-2-1-5(14)11-8(12)16;1-5(2,3)4/h1-2,4,6-7,13,15,17H,3,10H2,(H,11,14,16);(H3,1,2,3,4)/t4-,6-,7-,9-;/m1./s1. The highest BCUT2D eigenvalue weighted by molar-refractivity contribution is 7.45. The van der Waals surface area contributed by atoms with E-state index in [-0.39, 0.29) is 0 Å². The van der Waals surface area contributed by atoms with Crippen molar-refractivity contribution in [2.75, 3.05) is 6.61 Å². The zero-order valence-electron chi connectivity index (χ0n) is 11.4. The maximum atomic E-state index is 11.5. The second kappa shape index (κ2) is 7.00. The van der Waals surface area contributed by atoms with Crippen LogP contribution in [0.2, 0.25) is 0 Å². The van der Waals surface area contributed by atoms with E-state index in [0.29, 0.717) is 0 Å². The number of H-pyrrole nitrogens is 1. The summed E-state index contributed by atoms with van der Waals surface area (Å²) in [5.41, 5.74) is 1.77. The van der Waals surface area contributed by atoms with Crippen LogP contribution in [-0.4, -0.2) is 64.1 Å². The Morgan fingerprint density at radius 3 is 2.30 bits per heavy atom. The summed E-state index contributed by atoms with van der Waals surface area (Å²) >= 11 is 0. The van der Waals surface area contributed by atoms with Gasteiger partial charge in [-0.1, -0.05) is 0 Å². The van der Waals surface area contributed by atoms with Gasteiger partial charge in [-0.3, -0.25) is 20.1 Å². The summed E-state index contributed by atoms with van der Waals surface area (Å²) < 4.78 is 14.8. The maximum absolute atomic E-state index is 11.5. The van der Waals surface area contributed by atoms with Gasteiger partial charge in [-0.05, 0) is 0 Å². The normalized spacial score (nSPS) is 30.7. The highest BCUT2D eigenvalue weighted by atomic mass is 31.2. The van der Waals surface area contributed by atoms with Crippen molar-refractivity contribution in [3.63, 3.8) is 0 Å². The Balaban J connectivity index is 0.000000463. The van der Waals surface area contributed by atoms with Crippen molar-refractivity contribution in [1.82, 2.24) is 9.55 Å². The molecule has 0 aromatic carbocycles. The lowest BCUT2D eigenvalue weighted by Crippen LogP contribution is -2.56. The van der Waals surface area contributed by atoms with Crippen molar-refractivity contribution >= 4 is 7.82 Å². The van der Waals surface area contributed by atoms with E-state index in [4.69, 9.17) is 34.8 Å². The Morgan fingerprint density at radius 1 is 1.39 bits per heavy atom. The van der Waals surface area contributed by atoms with Crippen molar-refractivity contribution in [2.45, 2.75) is 24.2 Å². The Kier molecular flexibility index (Phi) is 5.98. The third kappa shape index (κ3) is 5.04. The summed E-state index contributed by atoms with van der Waals surface area (Å²) in [4.78, 5) is 46.0. The van der Waals surface area contributed by atoms with Crippen LogP contribution in [0, 0.1) is 0 Å². The third-order valence-corrected chi connectivity index (χ3v) is 2.81. The summed E-state index contributed by atoms with van der Waals surface area (Å²) in [6.07, 6.45) is -3.01. The molecule has 0 spiro atoms. The molecule has 13 nitrogen and oxygen atoms in total. The molecule has 2 rings (SSSR count). The van der Waals surface area contributed by atoms with E-state index < -0.39 is 49.8 Å². The average molecular weight is 357 g/mol. The third-order valence-electron chi connectivity index (χ3n) is 2.81. The fourth-order valence-electron chi connectivity index (χ4n) is 1.84. The topological polar surface area (TPSA) is 229 Å². The monoisotopic (exact) mass is 357 g/mol. The highest BCUT2D eigenvalue weighted by Gasteiger charge is 2.54. The van der Waals surface area contributed by atoms with Gasteiger partial charge in [-0.25, -0.2) is 9.36 Å². The van der Waals surface area contributed by atoms with Crippen molar-refractivity contribution in [3.8, 4) is 0 Å². The van der Waals surface area contributed by atoms with Crippen LogP contribution in [0.25, 0.3) is 0 Å². The van der Waals surface area contributed by atoms with Crippen molar-refractivity contribution < 1.29 is 39.3 Å². The molecule has 4 atom stereocenters. The smallest absolute Gasteiger partial charge is 0.394 e. The summed E-state index contributed by atoms with van der Waals surface area (Å²) in [6, 6.07) is 1.04. The molecule has 0 unspecified atom stereocenters. The number of rotatable bonds is 2. The van der Waals surface area contributed by atoms with E-state index in [1.54, 1.807) is 0 Å². The second-order valence-electron chi connectivity index (χ2n) is 4.57. The first-order valence-corrected chi connectivity index (χ1v) is 7.50. The molecule has 1 saturated heterocycles. The molecule has 14 heteroatoms. The van der Waals surface area contributed by atoms with E-state index in [1.807, 2.05) is 4.98 Å². The zero-order chi connectivity index (χ0) is 18.0. The van der Waals surface area contributed by atoms with Crippen LogP contribution in [0.1, 0.15) is 6.23 Å². The minimum absolute atomic E-state index is 0.574. The zero-order valence-corrected chi connectivity index (χ0v) is 12.3. The number of ether oxygens (including phenoxy) is 1. The van der Waals surface area contributed by atoms with Crippen LogP contribution in [0.4, 0.5) is 0 Å². The average Bonchev–Trinajstić information content (AvgIpc) is 2.60. The lowest BCUT2D eigenvalue weighted by atomic mass is 10.1. The summed E-state index contributed by atoms with van der Waals surface area (Å²) in [7, 11) is -4.64. The van der Waals surface area contributed by atoms with E-state index in [0.717, 1.165) is 16.8 Å².